The van der Waals surface area contributed by atoms with Gasteiger partial charge in [0, 0.05) is 24.0 Å². The summed E-state index contributed by atoms with van der Waals surface area (Å²) < 4.78 is 1.77. The maximum Gasteiger partial charge on any atom is 0.251 e. The van der Waals surface area contributed by atoms with Gasteiger partial charge in [0.15, 0.2) is 0 Å². The number of carbonyl (C=O) groups is 1. The molecule has 2 heterocycles. The van der Waals surface area contributed by atoms with Crippen LogP contribution in [0.25, 0.3) is 5.69 Å². The number of hydrogen-bond donors (Lipinski definition) is 2. The molecule has 5 nitrogen and oxygen atoms in total. The van der Waals surface area contributed by atoms with E-state index in [0.29, 0.717) is 11.5 Å². The van der Waals surface area contributed by atoms with E-state index in [4.69, 9.17) is 0 Å². The maximum atomic E-state index is 12.3. The smallest absolute Gasteiger partial charge is 0.251 e. The van der Waals surface area contributed by atoms with E-state index < -0.39 is 0 Å². The third-order valence-corrected chi connectivity index (χ3v) is 4.00. The monoisotopic (exact) mass is 284 g/mol. The SMILES string of the molecule is CC1CNCCC1NC(=O)c1ccc(-n2cccn2)cc1. The first kappa shape index (κ1) is 13.8. The van der Waals surface area contributed by atoms with Gasteiger partial charge in [-0.15, -0.1) is 0 Å². The average molecular weight is 284 g/mol. The number of hydrogen-bond acceptors (Lipinski definition) is 3. The molecule has 0 spiro atoms. The van der Waals surface area contributed by atoms with Gasteiger partial charge in [-0.2, -0.15) is 5.10 Å². The van der Waals surface area contributed by atoms with E-state index >= 15 is 0 Å². The predicted molar refractivity (Wildman–Crippen MR) is 81.5 cm³/mol. The number of nitrogens with zero attached hydrogens (tertiary/aromatic N) is 2. The molecule has 1 fully saturated rings. The summed E-state index contributed by atoms with van der Waals surface area (Å²) in [5.41, 5.74) is 1.64. The van der Waals surface area contributed by atoms with Crippen molar-refractivity contribution in [2.45, 2.75) is 19.4 Å². The summed E-state index contributed by atoms with van der Waals surface area (Å²) >= 11 is 0. The average Bonchev–Trinajstić information content (AvgIpc) is 3.04. The molecule has 1 aliphatic rings. The quantitative estimate of drug-likeness (QED) is 0.900. The number of nitrogens with one attached hydrogen (secondary N) is 2. The lowest BCUT2D eigenvalue weighted by Crippen LogP contribution is -2.48. The van der Waals surface area contributed by atoms with Crippen molar-refractivity contribution in [2.75, 3.05) is 13.1 Å². The van der Waals surface area contributed by atoms with Crippen molar-refractivity contribution in [2.24, 2.45) is 5.92 Å². The Hall–Kier alpha value is -2.14. The first-order chi connectivity index (χ1) is 10.2. The fourth-order valence-electron chi connectivity index (χ4n) is 2.67. The molecule has 21 heavy (non-hydrogen) atoms. The van der Waals surface area contributed by atoms with Crippen molar-refractivity contribution in [3.63, 3.8) is 0 Å². The summed E-state index contributed by atoms with van der Waals surface area (Å²) in [5, 5.41) is 10.7. The maximum absolute atomic E-state index is 12.3. The van der Waals surface area contributed by atoms with Crippen molar-refractivity contribution in [3.8, 4) is 5.69 Å². The fraction of sp³-hybridized carbons (Fsp3) is 0.375. The van der Waals surface area contributed by atoms with E-state index in [0.717, 1.165) is 25.2 Å². The van der Waals surface area contributed by atoms with Gasteiger partial charge in [-0.1, -0.05) is 6.92 Å². The van der Waals surface area contributed by atoms with E-state index in [1.54, 1.807) is 10.9 Å². The standard InChI is InChI=1S/C16H20N4O/c1-12-11-17-9-7-15(12)19-16(21)13-3-5-14(6-4-13)20-10-2-8-18-20/h2-6,8,10,12,15,17H,7,9,11H2,1H3,(H,19,21). The second-order valence-corrected chi connectivity index (χ2v) is 5.55. The van der Waals surface area contributed by atoms with Crippen LogP contribution in [0, 0.1) is 5.92 Å². The normalized spacial score (nSPS) is 22.0. The highest BCUT2D eigenvalue weighted by atomic mass is 16.1. The highest BCUT2D eigenvalue weighted by Gasteiger charge is 2.22. The van der Waals surface area contributed by atoms with E-state index in [9.17, 15) is 4.79 Å². The Kier molecular flexibility index (Phi) is 4.01. The summed E-state index contributed by atoms with van der Waals surface area (Å²) in [6.45, 7) is 4.09. The minimum absolute atomic E-state index is 0.000709. The van der Waals surface area contributed by atoms with E-state index in [-0.39, 0.29) is 11.9 Å². The molecule has 0 saturated carbocycles. The summed E-state index contributed by atoms with van der Waals surface area (Å²) in [4.78, 5) is 12.3. The minimum atomic E-state index is 0.000709. The Labute approximate surface area is 124 Å². The molecule has 110 valence electrons. The molecule has 2 aromatic rings. The van der Waals surface area contributed by atoms with Crippen LogP contribution in [0.2, 0.25) is 0 Å². The number of benzene rings is 1. The molecule has 1 amide bonds. The Morgan fingerprint density at radius 1 is 1.38 bits per heavy atom. The van der Waals surface area contributed by atoms with Gasteiger partial charge in [0.25, 0.3) is 5.91 Å². The van der Waals surface area contributed by atoms with Crippen LogP contribution in [-0.4, -0.2) is 34.8 Å². The van der Waals surface area contributed by atoms with Gasteiger partial charge in [-0.25, -0.2) is 4.68 Å². The molecule has 2 N–H and O–H groups in total. The molecule has 2 unspecified atom stereocenters. The second-order valence-electron chi connectivity index (χ2n) is 5.55. The first-order valence-corrected chi connectivity index (χ1v) is 7.36. The molecular weight excluding hydrogens is 264 g/mol. The third kappa shape index (κ3) is 3.13. The van der Waals surface area contributed by atoms with E-state index in [1.165, 1.54) is 0 Å². The molecular formula is C16H20N4O. The van der Waals surface area contributed by atoms with Crippen LogP contribution < -0.4 is 10.6 Å². The number of rotatable bonds is 3. The molecule has 1 aromatic carbocycles. The van der Waals surface area contributed by atoms with Crippen molar-refractivity contribution in [1.82, 2.24) is 20.4 Å². The van der Waals surface area contributed by atoms with Crippen LogP contribution in [0.5, 0.6) is 0 Å². The second kappa shape index (κ2) is 6.10. The lowest BCUT2D eigenvalue weighted by Gasteiger charge is -2.30. The molecule has 0 aliphatic carbocycles. The number of piperidine rings is 1. The summed E-state index contributed by atoms with van der Waals surface area (Å²) in [6, 6.07) is 9.64. The summed E-state index contributed by atoms with van der Waals surface area (Å²) in [5.74, 6) is 0.465. The number of carbonyl (C=O) groups excluding carboxylic acids is 1. The fourth-order valence-corrected chi connectivity index (χ4v) is 2.67. The van der Waals surface area contributed by atoms with Crippen LogP contribution in [0.4, 0.5) is 0 Å². The van der Waals surface area contributed by atoms with Crippen molar-refractivity contribution in [1.29, 1.82) is 0 Å². The van der Waals surface area contributed by atoms with Gasteiger partial charge in [-0.05, 0) is 55.8 Å². The molecule has 5 heteroatoms. The van der Waals surface area contributed by atoms with Crippen molar-refractivity contribution < 1.29 is 4.79 Å². The van der Waals surface area contributed by atoms with Crippen molar-refractivity contribution >= 4 is 5.91 Å². The minimum Gasteiger partial charge on any atom is -0.349 e. The van der Waals surface area contributed by atoms with Crippen LogP contribution >= 0.6 is 0 Å². The van der Waals surface area contributed by atoms with Crippen LogP contribution in [0.3, 0.4) is 0 Å². The van der Waals surface area contributed by atoms with Crippen LogP contribution in [-0.2, 0) is 0 Å². The number of amides is 1. The highest BCUT2D eigenvalue weighted by Crippen LogP contribution is 2.13. The van der Waals surface area contributed by atoms with Gasteiger partial charge in [-0.3, -0.25) is 4.79 Å². The number of aromatic nitrogens is 2. The molecule has 1 saturated heterocycles. The zero-order valence-electron chi connectivity index (χ0n) is 12.1. The lowest BCUT2D eigenvalue weighted by molar-refractivity contribution is 0.0914. The van der Waals surface area contributed by atoms with E-state index in [2.05, 4.69) is 22.7 Å². The third-order valence-electron chi connectivity index (χ3n) is 4.00. The zero-order valence-corrected chi connectivity index (χ0v) is 12.1. The van der Waals surface area contributed by atoms with Gasteiger partial charge in [0.2, 0.25) is 0 Å². The largest absolute Gasteiger partial charge is 0.349 e. The lowest BCUT2D eigenvalue weighted by atomic mass is 9.95. The van der Waals surface area contributed by atoms with Crippen molar-refractivity contribution in [3.05, 3.63) is 48.3 Å². The topological polar surface area (TPSA) is 58.9 Å². The molecule has 3 rings (SSSR count). The Bertz CT molecular complexity index is 591. The van der Waals surface area contributed by atoms with E-state index in [1.807, 2.05) is 36.5 Å². The summed E-state index contributed by atoms with van der Waals surface area (Å²) in [7, 11) is 0. The first-order valence-electron chi connectivity index (χ1n) is 7.36. The molecule has 0 radical (unpaired) electrons. The molecule has 2 atom stereocenters. The van der Waals surface area contributed by atoms with Gasteiger partial charge >= 0.3 is 0 Å². The zero-order chi connectivity index (χ0) is 14.7. The van der Waals surface area contributed by atoms with Crippen LogP contribution in [0.15, 0.2) is 42.7 Å². The van der Waals surface area contributed by atoms with Gasteiger partial charge in [0.05, 0.1) is 5.69 Å². The Morgan fingerprint density at radius 2 is 2.19 bits per heavy atom. The Balaban J connectivity index is 1.67. The summed E-state index contributed by atoms with van der Waals surface area (Å²) in [6.07, 6.45) is 4.60. The van der Waals surface area contributed by atoms with Gasteiger partial charge in [0.1, 0.15) is 0 Å². The Morgan fingerprint density at radius 3 is 2.86 bits per heavy atom. The highest BCUT2D eigenvalue weighted by molar-refractivity contribution is 5.94. The van der Waals surface area contributed by atoms with Gasteiger partial charge < -0.3 is 10.6 Å². The predicted octanol–water partition coefficient (Wildman–Crippen LogP) is 1.60. The molecule has 0 bridgehead atoms. The molecule has 1 aliphatic heterocycles. The van der Waals surface area contributed by atoms with Crippen LogP contribution in [0.1, 0.15) is 23.7 Å². The molecule has 1 aromatic heterocycles.